The fourth-order valence-electron chi connectivity index (χ4n) is 1.98. The van der Waals surface area contributed by atoms with Gasteiger partial charge in [0.25, 0.3) is 0 Å². The summed E-state index contributed by atoms with van der Waals surface area (Å²) in [5, 5.41) is 18.9. The number of carboxylic acids is 1. The molecule has 0 aromatic heterocycles. The molecule has 0 bridgehead atoms. The Kier molecular flexibility index (Phi) is 5.03. The first-order valence-corrected chi connectivity index (χ1v) is 6.83. The molecule has 0 saturated carbocycles. The molecule has 4 heteroatoms. The lowest BCUT2D eigenvalue weighted by molar-refractivity contribution is -0.147. The van der Waals surface area contributed by atoms with Gasteiger partial charge < -0.3 is 14.9 Å². The number of phenolic OH excluding ortho intramolecular Hbond substituents is 1. The smallest absolute Gasteiger partial charge is 0.309 e. The topological polar surface area (TPSA) is 66.8 Å². The first kappa shape index (κ1) is 16.3. The van der Waals surface area contributed by atoms with Gasteiger partial charge >= 0.3 is 5.97 Å². The summed E-state index contributed by atoms with van der Waals surface area (Å²) in [7, 11) is 0. The van der Waals surface area contributed by atoms with E-state index in [1.54, 1.807) is 13.8 Å². The van der Waals surface area contributed by atoms with Gasteiger partial charge in [0.05, 0.1) is 12.0 Å². The van der Waals surface area contributed by atoms with Crippen LogP contribution in [0.2, 0.25) is 0 Å². The summed E-state index contributed by atoms with van der Waals surface area (Å²) in [6, 6.07) is 1.82. The second-order valence-corrected chi connectivity index (χ2v) is 5.93. The second-order valence-electron chi connectivity index (χ2n) is 5.93. The van der Waals surface area contributed by atoms with Crippen LogP contribution in [-0.2, 0) is 4.79 Å². The number of phenols is 1. The Bertz CT molecular complexity index is 504. The van der Waals surface area contributed by atoms with Crippen molar-refractivity contribution in [2.24, 2.45) is 5.41 Å². The molecule has 0 amide bonds. The lowest BCUT2D eigenvalue weighted by atomic mass is 9.88. The Hall–Kier alpha value is -1.71. The minimum Gasteiger partial charge on any atom is -0.507 e. The van der Waals surface area contributed by atoms with Crippen molar-refractivity contribution >= 4 is 5.97 Å². The van der Waals surface area contributed by atoms with Gasteiger partial charge in [-0.15, -0.1) is 0 Å². The maximum atomic E-state index is 11.0. The number of ether oxygens (including phenoxy) is 1. The molecule has 0 saturated heterocycles. The van der Waals surface area contributed by atoms with Crippen LogP contribution in [-0.4, -0.2) is 22.8 Å². The van der Waals surface area contributed by atoms with E-state index in [4.69, 9.17) is 9.84 Å². The molecule has 20 heavy (non-hydrogen) atoms. The molecule has 1 aromatic rings. The molecule has 0 fully saturated rings. The SMILES string of the molecule is Cc1cc(OCCCC(C)(C)C(=O)O)c(C)c(C)c1O. The molecule has 0 atom stereocenters. The molecule has 2 N–H and O–H groups in total. The average Bonchev–Trinajstić information content (AvgIpc) is 2.37. The molecule has 0 aliphatic heterocycles. The third-order valence-corrected chi connectivity index (χ3v) is 3.79. The molecule has 1 rings (SSSR count). The first-order valence-electron chi connectivity index (χ1n) is 6.83. The van der Waals surface area contributed by atoms with Crippen LogP contribution in [0.1, 0.15) is 43.4 Å². The molecule has 0 spiro atoms. The Morgan fingerprint density at radius 3 is 2.40 bits per heavy atom. The van der Waals surface area contributed by atoms with E-state index in [9.17, 15) is 9.90 Å². The highest BCUT2D eigenvalue weighted by Gasteiger charge is 2.26. The third kappa shape index (κ3) is 3.65. The number of benzene rings is 1. The summed E-state index contributed by atoms with van der Waals surface area (Å²) in [6.07, 6.45) is 1.25. The van der Waals surface area contributed by atoms with Crippen LogP contribution in [0.3, 0.4) is 0 Å². The van der Waals surface area contributed by atoms with Crippen LogP contribution in [0.5, 0.6) is 11.5 Å². The first-order chi connectivity index (χ1) is 9.16. The largest absolute Gasteiger partial charge is 0.507 e. The average molecular weight is 280 g/mol. The monoisotopic (exact) mass is 280 g/mol. The Morgan fingerprint density at radius 2 is 1.85 bits per heavy atom. The van der Waals surface area contributed by atoms with Crippen molar-refractivity contribution < 1.29 is 19.7 Å². The fourth-order valence-corrected chi connectivity index (χ4v) is 1.98. The molecule has 0 radical (unpaired) electrons. The maximum absolute atomic E-state index is 11.0. The molecule has 112 valence electrons. The van der Waals surface area contributed by atoms with E-state index in [0.29, 0.717) is 25.2 Å². The van der Waals surface area contributed by atoms with Gasteiger partial charge in [-0.1, -0.05) is 0 Å². The van der Waals surface area contributed by atoms with Crippen LogP contribution in [0.4, 0.5) is 0 Å². The van der Waals surface area contributed by atoms with Crippen LogP contribution in [0, 0.1) is 26.2 Å². The number of aryl methyl sites for hydroxylation is 1. The Morgan fingerprint density at radius 1 is 1.25 bits per heavy atom. The van der Waals surface area contributed by atoms with Crippen LogP contribution in [0.25, 0.3) is 0 Å². The molecule has 0 unspecified atom stereocenters. The van der Waals surface area contributed by atoms with E-state index >= 15 is 0 Å². The molecular formula is C16H24O4. The van der Waals surface area contributed by atoms with E-state index in [2.05, 4.69) is 0 Å². The predicted molar refractivity (Wildman–Crippen MR) is 78.5 cm³/mol. The summed E-state index contributed by atoms with van der Waals surface area (Å²) in [5.41, 5.74) is 1.81. The standard InChI is InChI=1S/C16H24O4/c1-10-9-13(11(2)12(3)14(10)17)20-8-6-7-16(4,5)15(18)19/h9,17H,6-8H2,1-5H3,(H,18,19). The lowest BCUT2D eigenvalue weighted by Gasteiger charge is -2.19. The minimum absolute atomic E-state index is 0.307. The summed E-state index contributed by atoms with van der Waals surface area (Å²) >= 11 is 0. The van der Waals surface area contributed by atoms with Gasteiger partial charge in [0.2, 0.25) is 0 Å². The highest BCUT2D eigenvalue weighted by Crippen LogP contribution is 2.32. The predicted octanol–water partition coefficient (Wildman–Crippen LogP) is 3.59. The summed E-state index contributed by atoms with van der Waals surface area (Å²) < 4.78 is 5.72. The Labute approximate surface area is 120 Å². The van der Waals surface area contributed by atoms with E-state index in [-0.39, 0.29) is 0 Å². The number of aliphatic carboxylic acids is 1. The van der Waals surface area contributed by atoms with E-state index in [0.717, 1.165) is 22.4 Å². The summed E-state index contributed by atoms with van der Waals surface area (Å²) in [6.45, 7) is 9.51. The quantitative estimate of drug-likeness (QED) is 0.781. The van der Waals surface area contributed by atoms with Gasteiger partial charge in [-0.2, -0.15) is 0 Å². The molecule has 0 heterocycles. The highest BCUT2D eigenvalue weighted by molar-refractivity contribution is 5.73. The van der Waals surface area contributed by atoms with Crippen molar-refractivity contribution in [3.63, 3.8) is 0 Å². The van der Waals surface area contributed by atoms with Crippen molar-refractivity contribution in [3.05, 3.63) is 22.8 Å². The molecule has 1 aromatic carbocycles. The third-order valence-electron chi connectivity index (χ3n) is 3.79. The number of carboxylic acid groups (broad SMARTS) is 1. The number of carbonyl (C=O) groups is 1. The number of rotatable bonds is 6. The van der Waals surface area contributed by atoms with E-state index in [1.165, 1.54) is 0 Å². The van der Waals surface area contributed by atoms with Crippen LogP contribution < -0.4 is 4.74 Å². The molecule has 4 nitrogen and oxygen atoms in total. The summed E-state index contributed by atoms with van der Waals surface area (Å²) in [4.78, 5) is 11.0. The van der Waals surface area contributed by atoms with Gasteiger partial charge in [-0.3, -0.25) is 4.79 Å². The lowest BCUT2D eigenvalue weighted by Crippen LogP contribution is -2.24. The number of aromatic hydroxyl groups is 1. The number of hydrogen-bond donors (Lipinski definition) is 2. The highest BCUT2D eigenvalue weighted by atomic mass is 16.5. The van der Waals surface area contributed by atoms with Crippen LogP contribution >= 0.6 is 0 Å². The molecule has 0 aliphatic rings. The van der Waals surface area contributed by atoms with E-state index in [1.807, 2.05) is 26.8 Å². The summed E-state index contributed by atoms with van der Waals surface area (Å²) in [5.74, 6) is 0.276. The normalized spacial score (nSPS) is 11.4. The molecular weight excluding hydrogens is 256 g/mol. The minimum atomic E-state index is -0.787. The van der Waals surface area contributed by atoms with Crippen LogP contribution in [0.15, 0.2) is 6.07 Å². The van der Waals surface area contributed by atoms with Crippen molar-refractivity contribution in [3.8, 4) is 11.5 Å². The Balaban J connectivity index is 2.62. The fraction of sp³-hybridized carbons (Fsp3) is 0.562. The van der Waals surface area contributed by atoms with Gasteiger partial charge in [0.15, 0.2) is 0 Å². The number of hydrogen-bond acceptors (Lipinski definition) is 3. The van der Waals surface area contributed by atoms with Gasteiger partial charge in [0.1, 0.15) is 11.5 Å². The van der Waals surface area contributed by atoms with Crippen molar-refractivity contribution in [2.75, 3.05) is 6.61 Å². The van der Waals surface area contributed by atoms with Crippen molar-refractivity contribution in [1.82, 2.24) is 0 Å². The second kappa shape index (κ2) is 6.16. The van der Waals surface area contributed by atoms with E-state index < -0.39 is 11.4 Å². The van der Waals surface area contributed by atoms with Gasteiger partial charge in [-0.25, -0.2) is 0 Å². The van der Waals surface area contributed by atoms with Gasteiger partial charge in [-0.05, 0) is 70.2 Å². The zero-order chi connectivity index (χ0) is 15.5. The van der Waals surface area contributed by atoms with Crippen molar-refractivity contribution in [2.45, 2.75) is 47.5 Å². The molecule has 0 aliphatic carbocycles. The van der Waals surface area contributed by atoms with Crippen molar-refractivity contribution in [1.29, 1.82) is 0 Å². The maximum Gasteiger partial charge on any atom is 0.309 e. The zero-order valence-corrected chi connectivity index (χ0v) is 12.9. The van der Waals surface area contributed by atoms with Gasteiger partial charge in [0, 0.05) is 0 Å². The zero-order valence-electron chi connectivity index (χ0n) is 12.9.